The van der Waals surface area contributed by atoms with Crippen molar-refractivity contribution in [2.75, 3.05) is 18.1 Å². The largest absolute Gasteiger partial charge is 0.490 e. The van der Waals surface area contributed by atoms with Gasteiger partial charge in [0.05, 0.1) is 18.1 Å². The van der Waals surface area contributed by atoms with Gasteiger partial charge in [-0.25, -0.2) is 12.8 Å². The molecule has 4 rings (SSSR count). The van der Waals surface area contributed by atoms with Crippen LogP contribution in [0.15, 0.2) is 18.2 Å². The molecule has 2 saturated carbocycles. The van der Waals surface area contributed by atoms with E-state index in [9.17, 15) is 22.4 Å². The van der Waals surface area contributed by atoms with E-state index >= 15 is 0 Å². The number of carbonyl (C=O) groups excluding carboxylic acids is 2. The van der Waals surface area contributed by atoms with Crippen molar-refractivity contribution in [3.8, 4) is 5.75 Å². The van der Waals surface area contributed by atoms with Gasteiger partial charge in [-0.05, 0) is 68.6 Å². The summed E-state index contributed by atoms with van der Waals surface area (Å²) in [5, 5.41) is 2.38. The van der Waals surface area contributed by atoms with E-state index < -0.39 is 21.1 Å². The van der Waals surface area contributed by atoms with Crippen molar-refractivity contribution < 1.29 is 27.1 Å². The number of nitrogens with one attached hydrogen (secondary N) is 1. The van der Waals surface area contributed by atoms with Crippen molar-refractivity contribution in [1.29, 1.82) is 0 Å². The molecule has 1 heterocycles. The lowest BCUT2D eigenvalue weighted by Gasteiger charge is -2.20. The summed E-state index contributed by atoms with van der Waals surface area (Å²) >= 11 is 0. The van der Waals surface area contributed by atoms with Crippen LogP contribution in [0, 0.1) is 17.7 Å². The zero-order valence-corrected chi connectivity index (χ0v) is 19.9. The van der Waals surface area contributed by atoms with Crippen molar-refractivity contribution in [1.82, 2.24) is 5.32 Å². The molecule has 1 unspecified atom stereocenters. The smallest absolute Gasteiger partial charge is 0.229 e. The van der Waals surface area contributed by atoms with Crippen LogP contribution in [0.25, 0.3) is 0 Å². The van der Waals surface area contributed by atoms with Gasteiger partial charge in [-0.1, -0.05) is 25.3 Å². The fourth-order valence-electron chi connectivity index (χ4n) is 4.68. The number of hydrogen-bond acceptors (Lipinski definition) is 5. The third-order valence-electron chi connectivity index (χ3n) is 7.18. The van der Waals surface area contributed by atoms with Gasteiger partial charge >= 0.3 is 0 Å². The van der Waals surface area contributed by atoms with Crippen molar-refractivity contribution >= 4 is 21.7 Å². The summed E-state index contributed by atoms with van der Waals surface area (Å²) in [7, 11) is -3.22. The minimum absolute atomic E-state index is 0.101. The first-order chi connectivity index (χ1) is 15.8. The maximum Gasteiger partial charge on any atom is 0.229 e. The third-order valence-corrected chi connectivity index (χ3v) is 9.08. The quantitative estimate of drug-likeness (QED) is 0.340. The minimum Gasteiger partial charge on any atom is -0.490 e. The van der Waals surface area contributed by atoms with E-state index in [0.29, 0.717) is 31.8 Å². The SMILES string of the molecule is O=C1CCC(CCCCCCS(=O)(=O)CC2(c3ccc(F)c(OCC4CC4)c3)CC2)C(=O)N1. The number of rotatable bonds is 13. The second-order valence-corrected chi connectivity index (χ2v) is 12.3. The number of carbonyl (C=O) groups is 2. The molecule has 1 aliphatic heterocycles. The second-order valence-electron chi connectivity index (χ2n) is 10.1. The number of hydrogen-bond donors (Lipinski definition) is 1. The maximum absolute atomic E-state index is 14.1. The summed E-state index contributed by atoms with van der Waals surface area (Å²) in [6.45, 7) is 0.523. The van der Waals surface area contributed by atoms with Gasteiger partial charge in [-0.15, -0.1) is 0 Å². The Bertz CT molecular complexity index is 985. The van der Waals surface area contributed by atoms with Gasteiger partial charge < -0.3 is 4.74 Å². The molecule has 0 radical (unpaired) electrons. The van der Waals surface area contributed by atoms with Crippen LogP contribution in [0.3, 0.4) is 0 Å². The average Bonchev–Trinajstić information content (AvgIpc) is 3.68. The van der Waals surface area contributed by atoms with Crippen LogP contribution >= 0.6 is 0 Å². The Kier molecular flexibility index (Phi) is 7.41. The van der Waals surface area contributed by atoms with E-state index in [-0.39, 0.29) is 35.0 Å². The fourth-order valence-corrected chi connectivity index (χ4v) is 6.76. The van der Waals surface area contributed by atoms with Crippen LogP contribution in [0.1, 0.15) is 76.2 Å². The van der Waals surface area contributed by atoms with Crippen LogP contribution in [0.4, 0.5) is 4.39 Å². The number of halogens is 1. The summed E-state index contributed by atoms with van der Waals surface area (Å²) in [6, 6.07) is 4.80. The van der Waals surface area contributed by atoms with E-state index in [1.165, 1.54) is 6.07 Å². The molecule has 6 nitrogen and oxygen atoms in total. The maximum atomic E-state index is 14.1. The molecular weight excluding hydrogens is 445 g/mol. The molecule has 3 aliphatic rings. The molecule has 1 saturated heterocycles. The molecule has 0 spiro atoms. The molecule has 0 aromatic heterocycles. The van der Waals surface area contributed by atoms with Gasteiger partial charge in [0.2, 0.25) is 11.8 Å². The number of sulfone groups is 1. The monoisotopic (exact) mass is 479 g/mol. The molecule has 1 atom stereocenters. The molecule has 1 aromatic rings. The van der Waals surface area contributed by atoms with Gasteiger partial charge in [0, 0.05) is 17.8 Å². The van der Waals surface area contributed by atoms with Crippen LogP contribution in [0.2, 0.25) is 0 Å². The number of ether oxygens (including phenoxy) is 1. The van der Waals surface area contributed by atoms with Crippen molar-refractivity contribution in [2.45, 2.75) is 76.0 Å². The molecule has 33 heavy (non-hydrogen) atoms. The Morgan fingerprint density at radius 3 is 2.52 bits per heavy atom. The topological polar surface area (TPSA) is 89.5 Å². The summed E-state index contributed by atoms with van der Waals surface area (Å²) in [6.07, 6.45) is 8.73. The molecule has 3 fully saturated rings. The first-order valence-electron chi connectivity index (χ1n) is 12.2. The minimum atomic E-state index is -3.22. The zero-order chi connectivity index (χ0) is 23.5. The van der Waals surface area contributed by atoms with E-state index in [0.717, 1.165) is 56.9 Å². The lowest BCUT2D eigenvalue weighted by molar-refractivity contribution is -0.136. The molecule has 8 heteroatoms. The van der Waals surface area contributed by atoms with Crippen LogP contribution in [-0.2, 0) is 24.8 Å². The number of benzene rings is 1. The van der Waals surface area contributed by atoms with Crippen molar-refractivity contribution in [2.24, 2.45) is 11.8 Å². The summed E-state index contributed by atoms with van der Waals surface area (Å²) in [4.78, 5) is 23.0. The molecule has 2 aliphatic carbocycles. The number of amides is 2. The highest BCUT2D eigenvalue weighted by Gasteiger charge is 2.47. The summed E-state index contributed by atoms with van der Waals surface area (Å²) in [5.41, 5.74) is 0.457. The Balaban J connectivity index is 1.20. The Morgan fingerprint density at radius 2 is 1.82 bits per heavy atom. The highest BCUT2D eigenvalue weighted by molar-refractivity contribution is 7.91. The second kappa shape index (κ2) is 10.1. The number of unbranched alkanes of at least 4 members (excludes halogenated alkanes) is 3. The van der Waals surface area contributed by atoms with Crippen LogP contribution in [-0.4, -0.2) is 38.3 Å². The Labute approximate surface area is 195 Å². The van der Waals surface area contributed by atoms with Crippen LogP contribution < -0.4 is 10.1 Å². The molecule has 2 amide bonds. The Hall–Kier alpha value is -1.96. The highest BCUT2D eigenvalue weighted by Crippen LogP contribution is 2.50. The highest BCUT2D eigenvalue weighted by atomic mass is 32.2. The van der Waals surface area contributed by atoms with Gasteiger partial charge in [0.15, 0.2) is 21.4 Å². The molecule has 0 bridgehead atoms. The molecular formula is C25H34FNO5S. The summed E-state index contributed by atoms with van der Waals surface area (Å²) < 4.78 is 45.4. The Morgan fingerprint density at radius 1 is 1.06 bits per heavy atom. The first-order valence-corrected chi connectivity index (χ1v) is 14.1. The number of imide groups is 1. The molecule has 182 valence electrons. The summed E-state index contributed by atoms with van der Waals surface area (Å²) in [5.74, 6) is 0.142. The van der Waals surface area contributed by atoms with E-state index in [2.05, 4.69) is 5.32 Å². The average molecular weight is 480 g/mol. The lowest BCUT2D eigenvalue weighted by Crippen LogP contribution is -2.40. The van der Waals surface area contributed by atoms with E-state index in [1.54, 1.807) is 12.1 Å². The van der Waals surface area contributed by atoms with Crippen LogP contribution in [0.5, 0.6) is 5.75 Å². The molecule has 1 aromatic carbocycles. The van der Waals surface area contributed by atoms with Crippen molar-refractivity contribution in [3.63, 3.8) is 0 Å². The predicted molar refractivity (Wildman–Crippen MR) is 123 cm³/mol. The number of piperidine rings is 1. The van der Waals surface area contributed by atoms with Crippen molar-refractivity contribution in [3.05, 3.63) is 29.6 Å². The van der Waals surface area contributed by atoms with Gasteiger partial charge in [0.25, 0.3) is 0 Å². The first kappa shape index (κ1) is 24.2. The van der Waals surface area contributed by atoms with Gasteiger partial charge in [-0.2, -0.15) is 0 Å². The van der Waals surface area contributed by atoms with E-state index in [4.69, 9.17) is 4.74 Å². The zero-order valence-electron chi connectivity index (χ0n) is 19.1. The standard InChI is InChI=1S/C25H34FNO5S/c26-21-10-9-20(15-22(21)32-16-18-6-7-18)25(12-13-25)17-33(30,31)14-4-2-1-3-5-19-8-11-23(28)27-24(19)29/h9-10,15,18-19H,1-8,11-14,16-17H2,(H,27,28,29). The van der Waals surface area contributed by atoms with Gasteiger partial charge in [0.1, 0.15) is 0 Å². The normalized spacial score (nSPS) is 22.2. The van der Waals surface area contributed by atoms with Gasteiger partial charge in [-0.3, -0.25) is 14.9 Å². The predicted octanol–water partition coefficient (Wildman–Crippen LogP) is 4.06. The molecule has 1 N–H and O–H groups in total. The van der Waals surface area contributed by atoms with E-state index in [1.807, 2.05) is 0 Å². The fraction of sp³-hybridized carbons (Fsp3) is 0.680. The third kappa shape index (κ3) is 6.78. The lowest BCUT2D eigenvalue weighted by atomic mass is 9.92.